The van der Waals surface area contributed by atoms with Crippen molar-refractivity contribution >= 4 is 21.4 Å². The predicted molar refractivity (Wildman–Crippen MR) is 75.9 cm³/mol. The maximum Gasteiger partial charge on any atom is 0.228 e. The van der Waals surface area contributed by atoms with Crippen molar-refractivity contribution < 1.29 is 13.2 Å². The summed E-state index contributed by atoms with van der Waals surface area (Å²) < 4.78 is 22.4. The highest BCUT2D eigenvalue weighted by Gasteiger charge is 2.46. The van der Waals surface area contributed by atoms with Gasteiger partial charge < -0.3 is 4.90 Å². The van der Waals surface area contributed by atoms with Gasteiger partial charge in [0.25, 0.3) is 0 Å². The highest BCUT2D eigenvalue weighted by molar-refractivity contribution is 7.90. The molecule has 1 amide bonds. The zero-order valence-electron chi connectivity index (χ0n) is 11.3. The fraction of sp³-hybridized carbons (Fsp3) is 0.500. The lowest BCUT2D eigenvalue weighted by molar-refractivity contribution is -0.118. The summed E-state index contributed by atoms with van der Waals surface area (Å²) in [4.78, 5) is 14.1. The average molecular weight is 281 g/mol. The van der Waals surface area contributed by atoms with E-state index in [1.165, 1.54) is 0 Å². The second-order valence-corrected chi connectivity index (χ2v) is 7.70. The molecule has 1 aliphatic carbocycles. The maximum absolute atomic E-state index is 12.3. The molecule has 0 N–H and O–H groups in total. The van der Waals surface area contributed by atoms with E-state index in [2.05, 4.69) is 0 Å². The second kappa shape index (κ2) is 4.96. The van der Waals surface area contributed by atoms with Gasteiger partial charge in [0, 0.05) is 23.9 Å². The van der Waals surface area contributed by atoms with Crippen molar-refractivity contribution in [3.05, 3.63) is 30.3 Å². The van der Waals surface area contributed by atoms with Crippen LogP contribution < -0.4 is 4.90 Å². The SMILES string of the molecule is CC1(N(C(=O)CCS(C)(=O)=O)c2ccccc2)CC1. The molecule has 0 aliphatic heterocycles. The van der Waals surface area contributed by atoms with E-state index in [1.54, 1.807) is 4.90 Å². The highest BCUT2D eigenvalue weighted by atomic mass is 32.2. The smallest absolute Gasteiger partial charge is 0.228 e. The summed E-state index contributed by atoms with van der Waals surface area (Å²) >= 11 is 0. The highest BCUT2D eigenvalue weighted by Crippen LogP contribution is 2.43. The lowest BCUT2D eigenvalue weighted by Gasteiger charge is -2.29. The maximum atomic E-state index is 12.3. The first-order valence-electron chi connectivity index (χ1n) is 6.38. The van der Waals surface area contributed by atoms with Gasteiger partial charge in [-0.15, -0.1) is 0 Å². The van der Waals surface area contributed by atoms with Gasteiger partial charge in [-0.25, -0.2) is 8.42 Å². The molecule has 0 spiro atoms. The molecule has 1 aromatic carbocycles. The van der Waals surface area contributed by atoms with Crippen LogP contribution in [0.5, 0.6) is 0 Å². The first kappa shape index (κ1) is 14.1. The molecule has 0 aromatic heterocycles. The molecule has 0 radical (unpaired) electrons. The Kier molecular flexibility index (Phi) is 3.67. The summed E-state index contributed by atoms with van der Waals surface area (Å²) in [5.41, 5.74) is 0.705. The van der Waals surface area contributed by atoms with Crippen LogP contribution in [0.3, 0.4) is 0 Å². The molecule has 1 aromatic rings. The van der Waals surface area contributed by atoms with Gasteiger partial charge >= 0.3 is 0 Å². The predicted octanol–water partition coefficient (Wildman–Crippen LogP) is 2.01. The number of carbonyl (C=O) groups is 1. The van der Waals surface area contributed by atoms with E-state index in [4.69, 9.17) is 0 Å². The molecular weight excluding hydrogens is 262 g/mol. The fourth-order valence-electron chi connectivity index (χ4n) is 2.12. The van der Waals surface area contributed by atoms with Crippen LogP contribution in [0.2, 0.25) is 0 Å². The quantitative estimate of drug-likeness (QED) is 0.829. The van der Waals surface area contributed by atoms with Crippen molar-refractivity contribution in [2.24, 2.45) is 0 Å². The third-order valence-electron chi connectivity index (χ3n) is 3.46. The minimum absolute atomic E-state index is 0.0450. The molecule has 104 valence electrons. The molecule has 5 heteroatoms. The van der Waals surface area contributed by atoms with Crippen LogP contribution in [0.4, 0.5) is 5.69 Å². The Morgan fingerprint density at radius 2 is 1.84 bits per heavy atom. The number of hydrogen-bond donors (Lipinski definition) is 0. The summed E-state index contributed by atoms with van der Waals surface area (Å²) in [6, 6.07) is 9.46. The molecule has 0 unspecified atom stereocenters. The van der Waals surface area contributed by atoms with Crippen LogP contribution in [-0.4, -0.2) is 31.9 Å². The molecular formula is C14H19NO3S. The monoisotopic (exact) mass is 281 g/mol. The Morgan fingerprint density at radius 3 is 2.32 bits per heavy atom. The van der Waals surface area contributed by atoms with Gasteiger partial charge in [-0.1, -0.05) is 18.2 Å². The number of anilines is 1. The van der Waals surface area contributed by atoms with Crippen molar-refractivity contribution in [1.29, 1.82) is 0 Å². The lowest BCUT2D eigenvalue weighted by atomic mass is 10.2. The topological polar surface area (TPSA) is 54.5 Å². The molecule has 1 saturated carbocycles. The Balaban J connectivity index is 2.18. The van der Waals surface area contributed by atoms with E-state index < -0.39 is 9.84 Å². The molecule has 19 heavy (non-hydrogen) atoms. The van der Waals surface area contributed by atoms with E-state index in [0.717, 1.165) is 24.8 Å². The van der Waals surface area contributed by atoms with Crippen LogP contribution in [0.1, 0.15) is 26.2 Å². The van der Waals surface area contributed by atoms with Crippen LogP contribution in [-0.2, 0) is 14.6 Å². The van der Waals surface area contributed by atoms with Crippen molar-refractivity contribution in [3.8, 4) is 0 Å². The zero-order valence-corrected chi connectivity index (χ0v) is 12.1. The molecule has 4 nitrogen and oxygen atoms in total. The van der Waals surface area contributed by atoms with Gasteiger partial charge in [0.2, 0.25) is 5.91 Å². The Bertz CT molecular complexity index is 562. The normalized spacial score (nSPS) is 16.9. The molecule has 0 bridgehead atoms. The number of para-hydroxylation sites is 1. The summed E-state index contributed by atoms with van der Waals surface area (Å²) in [6.45, 7) is 2.04. The number of rotatable bonds is 5. The molecule has 1 aliphatic rings. The van der Waals surface area contributed by atoms with Crippen molar-refractivity contribution in [1.82, 2.24) is 0 Å². The number of nitrogens with zero attached hydrogens (tertiary/aromatic N) is 1. The van der Waals surface area contributed by atoms with Crippen LogP contribution in [0.25, 0.3) is 0 Å². The molecule has 0 heterocycles. The molecule has 1 fully saturated rings. The number of amides is 1. The van der Waals surface area contributed by atoms with Gasteiger partial charge in [0.1, 0.15) is 9.84 Å². The van der Waals surface area contributed by atoms with E-state index in [1.807, 2.05) is 37.3 Å². The molecule has 0 atom stereocenters. The van der Waals surface area contributed by atoms with E-state index in [0.29, 0.717) is 0 Å². The summed E-state index contributed by atoms with van der Waals surface area (Å²) in [7, 11) is -3.11. The van der Waals surface area contributed by atoms with Crippen molar-refractivity contribution in [2.75, 3.05) is 16.9 Å². The Morgan fingerprint density at radius 1 is 1.26 bits per heavy atom. The molecule has 2 rings (SSSR count). The Hall–Kier alpha value is -1.36. The van der Waals surface area contributed by atoms with Crippen LogP contribution >= 0.6 is 0 Å². The number of carbonyl (C=O) groups excluding carboxylic acids is 1. The summed E-state index contributed by atoms with van der Waals surface area (Å²) in [5, 5.41) is 0. The lowest BCUT2D eigenvalue weighted by Crippen LogP contribution is -2.41. The van der Waals surface area contributed by atoms with Gasteiger partial charge in [-0.05, 0) is 31.9 Å². The summed E-state index contributed by atoms with van der Waals surface area (Å²) in [6.07, 6.45) is 3.13. The van der Waals surface area contributed by atoms with Gasteiger partial charge in [-0.2, -0.15) is 0 Å². The summed E-state index contributed by atoms with van der Waals surface area (Å²) in [5.74, 6) is -0.206. The van der Waals surface area contributed by atoms with Crippen molar-refractivity contribution in [2.45, 2.75) is 31.7 Å². The van der Waals surface area contributed by atoms with Crippen LogP contribution in [0, 0.1) is 0 Å². The number of benzene rings is 1. The Labute approximate surface area is 114 Å². The second-order valence-electron chi connectivity index (χ2n) is 5.44. The van der Waals surface area contributed by atoms with E-state index in [9.17, 15) is 13.2 Å². The van der Waals surface area contributed by atoms with Crippen molar-refractivity contribution in [3.63, 3.8) is 0 Å². The standard InChI is InChI=1S/C14H19NO3S/c1-14(9-10-14)15(12-6-4-3-5-7-12)13(16)8-11-19(2,17)18/h3-7H,8-11H2,1-2H3. The third kappa shape index (κ3) is 3.56. The minimum Gasteiger partial charge on any atom is -0.307 e. The fourth-order valence-corrected chi connectivity index (χ4v) is 2.67. The van der Waals surface area contributed by atoms with Gasteiger partial charge in [-0.3, -0.25) is 4.79 Å². The minimum atomic E-state index is -3.11. The van der Waals surface area contributed by atoms with E-state index >= 15 is 0 Å². The molecule has 0 saturated heterocycles. The third-order valence-corrected chi connectivity index (χ3v) is 4.41. The first-order valence-corrected chi connectivity index (χ1v) is 8.44. The zero-order chi connectivity index (χ0) is 14.1. The largest absolute Gasteiger partial charge is 0.307 e. The first-order chi connectivity index (χ1) is 8.82. The van der Waals surface area contributed by atoms with Gasteiger partial charge in [0.05, 0.1) is 5.75 Å². The van der Waals surface area contributed by atoms with E-state index in [-0.39, 0.29) is 23.6 Å². The van der Waals surface area contributed by atoms with Crippen LogP contribution in [0.15, 0.2) is 30.3 Å². The number of hydrogen-bond acceptors (Lipinski definition) is 3. The number of sulfone groups is 1. The average Bonchev–Trinajstić information content (AvgIpc) is 3.06. The van der Waals surface area contributed by atoms with Gasteiger partial charge in [0.15, 0.2) is 0 Å².